The minimum absolute atomic E-state index is 0.586. The Morgan fingerprint density at radius 2 is 1.65 bits per heavy atom. The van der Waals surface area contributed by atoms with E-state index in [0.29, 0.717) is 12.0 Å². The Labute approximate surface area is 125 Å². The van der Waals surface area contributed by atoms with E-state index in [1.807, 2.05) is 6.20 Å². The molecule has 0 aliphatic heterocycles. The molecule has 0 bridgehead atoms. The van der Waals surface area contributed by atoms with Crippen LogP contribution in [0.15, 0.2) is 12.4 Å². The number of rotatable bonds is 11. The first-order valence-electron chi connectivity index (χ1n) is 8.35. The van der Waals surface area contributed by atoms with Crippen molar-refractivity contribution in [1.29, 1.82) is 0 Å². The summed E-state index contributed by atoms with van der Waals surface area (Å²) in [5.74, 6) is 0.586. The van der Waals surface area contributed by atoms with Gasteiger partial charge in [0.1, 0.15) is 0 Å². The summed E-state index contributed by atoms with van der Waals surface area (Å²) in [6.07, 6.45) is 12.2. The number of unbranched alkanes of at least 4 members (excludes halogenated alkanes) is 5. The lowest BCUT2D eigenvalue weighted by Gasteiger charge is -2.07. The molecule has 1 aromatic rings. The molecule has 0 unspecified atom stereocenters. The van der Waals surface area contributed by atoms with Crippen LogP contribution in [0.3, 0.4) is 0 Å². The zero-order chi connectivity index (χ0) is 14.8. The van der Waals surface area contributed by atoms with E-state index in [2.05, 4.69) is 49.0 Å². The Bertz CT molecular complexity index is 342. The van der Waals surface area contributed by atoms with Gasteiger partial charge in [-0.05, 0) is 30.9 Å². The standard InChI is InChI=1S/C17H33N3/c1-15(2)17-13-19-20(14-17)12-10-8-6-5-7-9-11-18-16(3)4/h13-16,18H,5-12H2,1-4H3. The second kappa shape index (κ2) is 9.98. The molecule has 0 aromatic carbocycles. The van der Waals surface area contributed by atoms with Gasteiger partial charge in [-0.15, -0.1) is 0 Å². The molecule has 0 fully saturated rings. The Hall–Kier alpha value is -0.830. The van der Waals surface area contributed by atoms with Crippen LogP contribution in [0.2, 0.25) is 0 Å². The van der Waals surface area contributed by atoms with E-state index >= 15 is 0 Å². The van der Waals surface area contributed by atoms with Crippen LogP contribution >= 0.6 is 0 Å². The quantitative estimate of drug-likeness (QED) is 0.610. The predicted molar refractivity (Wildman–Crippen MR) is 87.2 cm³/mol. The Kier molecular flexibility index (Phi) is 8.59. The number of nitrogens with zero attached hydrogens (tertiary/aromatic N) is 2. The van der Waals surface area contributed by atoms with E-state index in [0.717, 1.165) is 6.54 Å². The number of hydrogen-bond acceptors (Lipinski definition) is 2. The zero-order valence-corrected chi connectivity index (χ0v) is 13.9. The fraction of sp³-hybridized carbons (Fsp3) is 0.824. The molecule has 1 heterocycles. The highest BCUT2D eigenvalue weighted by Crippen LogP contribution is 2.13. The highest BCUT2D eigenvalue weighted by atomic mass is 15.3. The molecule has 20 heavy (non-hydrogen) atoms. The third-order valence-electron chi connectivity index (χ3n) is 3.69. The second-order valence-corrected chi connectivity index (χ2v) is 6.42. The third kappa shape index (κ3) is 7.68. The summed E-state index contributed by atoms with van der Waals surface area (Å²) in [6.45, 7) is 11.1. The highest BCUT2D eigenvalue weighted by molar-refractivity contribution is 5.08. The van der Waals surface area contributed by atoms with E-state index in [1.165, 1.54) is 50.6 Å². The molecular weight excluding hydrogens is 246 g/mol. The Balaban J connectivity index is 1.94. The zero-order valence-electron chi connectivity index (χ0n) is 13.9. The van der Waals surface area contributed by atoms with Crippen molar-refractivity contribution >= 4 is 0 Å². The molecule has 0 saturated heterocycles. The van der Waals surface area contributed by atoms with Crippen LogP contribution in [-0.2, 0) is 6.54 Å². The molecular formula is C17H33N3. The van der Waals surface area contributed by atoms with Gasteiger partial charge in [-0.3, -0.25) is 4.68 Å². The van der Waals surface area contributed by atoms with Gasteiger partial charge >= 0.3 is 0 Å². The van der Waals surface area contributed by atoms with Gasteiger partial charge in [0.15, 0.2) is 0 Å². The molecule has 0 aliphatic carbocycles. The Morgan fingerprint density at radius 3 is 2.25 bits per heavy atom. The fourth-order valence-corrected chi connectivity index (χ4v) is 2.30. The summed E-state index contributed by atoms with van der Waals surface area (Å²) in [5, 5.41) is 7.89. The van der Waals surface area contributed by atoms with Crippen molar-refractivity contribution in [3.63, 3.8) is 0 Å². The first-order valence-corrected chi connectivity index (χ1v) is 8.35. The molecule has 0 spiro atoms. The lowest BCUT2D eigenvalue weighted by molar-refractivity contribution is 0.509. The van der Waals surface area contributed by atoms with E-state index in [9.17, 15) is 0 Å². The monoisotopic (exact) mass is 279 g/mol. The van der Waals surface area contributed by atoms with Crippen molar-refractivity contribution in [2.24, 2.45) is 0 Å². The lowest BCUT2D eigenvalue weighted by atomic mass is 10.1. The van der Waals surface area contributed by atoms with E-state index in [-0.39, 0.29) is 0 Å². The van der Waals surface area contributed by atoms with E-state index < -0.39 is 0 Å². The van der Waals surface area contributed by atoms with Crippen molar-refractivity contribution in [3.05, 3.63) is 18.0 Å². The van der Waals surface area contributed by atoms with Gasteiger partial charge in [-0.25, -0.2) is 0 Å². The maximum absolute atomic E-state index is 4.42. The number of aromatic nitrogens is 2. The normalized spacial score (nSPS) is 11.7. The third-order valence-corrected chi connectivity index (χ3v) is 3.69. The first kappa shape index (κ1) is 17.2. The first-order chi connectivity index (χ1) is 9.59. The van der Waals surface area contributed by atoms with Crippen molar-refractivity contribution < 1.29 is 0 Å². The average molecular weight is 279 g/mol. The fourth-order valence-electron chi connectivity index (χ4n) is 2.30. The maximum Gasteiger partial charge on any atom is 0.0524 e. The molecule has 1 aromatic heterocycles. The minimum Gasteiger partial charge on any atom is -0.315 e. The molecule has 116 valence electrons. The van der Waals surface area contributed by atoms with Crippen molar-refractivity contribution in [3.8, 4) is 0 Å². The number of nitrogens with one attached hydrogen (secondary N) is 1. The summed E-state index contributed by atoms with van der Waals surface area (Å²) >= 11 is 0. The molecule has 1 N–H and O–H groups in total. The van der Waals surface area contributed by atoms with E-state index in [4.69, 9.17) is 0 Å². The highest BCUT2D eigenvalue weighted by Gasteiger charge is 2.02. The van der Waals surface area contributed by atoms with Gasteiger partial charge in [0.25, 0.3) is 0 Å². The average Bonchev–Trinajstić information content (AvgIpc) is 2.85. The lowest BCUT2D eigenvalue weighted by Crippen LogP contribution is -2.23. The SMILES string of the molecule is CC(C)NCCCCCCCCn1cc(C(C)C)cn1. The van der Waals surface area contributed by atoms with Gasteiger partial charge in [-0.2, -0.15) is 5.10 Å². The van der Waals surface area contributed by atoms with Gasteiger partial charge in [0.05, 0.1) is 6.20 Å². The van der Waals surface area contributed by atoms with Crippen molar-refractivity contribution in [2.45, 2.75) is 84.7 Å². The van der Waals surface area contributed by atoms with Gasteiger partial charge in [-0.1, -0.05) is 53.4 Å². The molecule has 3 nitrogen and oxygen atoms in total. The summed E-state index contributed by atoms with van der Waals surface area (Å²) in [4.78, 5) is 0. The molecule has 0 radical (unpaired) electrons. The predicted octanol–water partition coefficient (Wildman–Crippen LogP) is 4.35. The van der Waals surface area contributed by atoms with Crippen LogP contribution in [0.1, 0.15) is 77.7 Å². The molecule has 0 amide bonds. The maximum atomic E-state index is 4.42. The topological polar surface area (TPSA) is 29.9 Å². The largest absolute Gasteiger partial charge is 0.315 e. The smallest absolute Gasteiger partial charge is 0.0524 e. The summed E-state index contributed by atoms with van der Waals surface area (Å²) in [6, 6.07) is 0.625. The van der Waals surface area contributed by atoms with Crippen LogP contribution in [0, 0.1) is 0 Å². The van der Waals surface area contributed by atoms with Gasteiger partial charge in [0, 0.05) is 18.8 Å². The molecule has 1 rings (SSSR count). The van der Waals surface area contributed by atoms with Crippen LogP contribution in [-0.4, -0.2) is 22.4 Å². The van der Waals surface area contributed by atoms with Gasteiger partial charge < -0.3 is 5.32 Å². The molecule has 0 aliphatic rings. The van der Waals surface area contributed by atoms with Crippen LogP contribution in [0.5, 0.6) is 0 Å². The van der Waals surface area contributed by atoms with Crippen LogP contribution < -0.4 is 5.32 Å². The van der Waals surface area contributed by atoms with Crippen LogP contribution in [0.25, 0.3) is 0 Å². The van der Waals surface area contributed by atoms with Gasteiger partial charge in [0.2, 0.25) is 0 Å². The second-order valence-electron chi connectivity index (χ2n) is 6.42. The molecule has 3 heteroatoms. The summed E-state index contributed by atoms with van der Waals surface area (Å²) in [7, 11) is 0. The van der Waals surface area contributed by atoms with Crippen LogP contribution in [0.4, 0.5) is 0 Å². The number of aryl methyl sites for hydroxylation is 1. The van der Waals surface area contributed by atoms with Crippen molar-refractivity contribution in [2.75, 3.05) is 6.54 Å². The number of hydrogen-bond donors (Lipinski definition) is 1. The molecule has 0 saturated carbocycles. The molecule has 0 atom stereocenters. The summed E-state index contributed by atoms with van der Waals surface area (Å²) in [5.41, 5.74) is 1.35. The summed E-state index contributed by atoms with van der Waals surface area (Å²) < 4.78 is 2.10. The van der Waals surface area contributed by atoms with Crippen molar-refractivity contribution in [1.82, 2.24) is 15.1 Å². The van der Waals surface area contributed by atoms with E-state index in [1.54, 1.807) is 0 Å². The Morgan fingerprint density at radius 1 is 1.00 bits per heavy atom. The minimum atomic E-state index is 0.586.